The number of nitrogens with zero attached hydrogens (tertiary/aromatic N) is 1. The first-order chi connectivity index (χ1) is 13.3. The third-order valence-corrected chi connectivity index (χ3v) is 4.45. The highest BCUT2D eigenvalue weighted by Gasteiger charge is 2.22. The number of aromatic nitrogens is 2. The first kappa shape index (κ1) is 17.1. The third kappa shape index (κ3) is 3.49. The van der Waals surface area contributed by atoms with E-state index in [4.69, 9.17) is 4.42 Å². The average Bonchev–Trinajstić information content (AvgIpc) is 3.33. The molecule has 0 aliphatic heterocycles. The Morgan fingerprint density at radius 3 is 2.67 bits per heavy atom. The highest BCUT2D eigenvalue weighted by Crippen LogP contribution is 2.31. The normalized spacial score (nSPS) is 11.0. The minimum absolute atomic E-state index is 0.214. The number of oxazole rings is 1. The number of unbranched alkanes of at least 4 members (excludes halogenated alkanes) is 1. The van der Waals surface area contributed by atoms with Crippen molar-refractivity contribution in [1.29, 1.82) is 0 Å². The van der Waals surface area contributed by atoms with E-state index < -0.39 is 0 Å². The van der Waals surface area contributed by atoms with E-state index in [-0.39, 0.29) is 5.91 Å². The predicted octanol–water partition coefficient (Wildman–Crippen LogP) is 5.02. The van der Waals surface area contributed by atoms with E-state index in [1.54, 1.807) is 0 Å². The molecular weight excluding hydrogens is 338 g/mol. The van der Waals surface area contributed by atoms with Crippen molar-refractivity contribution in [3.05, 3.63) is 66.4 Å². The van der Waals surface area contributed by atoms with Gasteiger partial charge in [-0.05, 0) is 18.6 Å². The molecule has 2 N–H and O–H groups in total. The van der Waals surface area contributed by atoms with Gasteiger partial charge in [0, 0.05) is 23.0 Å². The Hall–Kier alpha value is -3.34. The van der Waals surface area contributed by atoms with Crippen molar-refractivity contribution < 1.29 is 9.21 Å². The molecule has 2 heterocycles. The van der Waals surface area contributed by atoms with Crippen molar-refractivity contribution >= 4 is 16.8 Å². The lowest BCUT2D eigenvalue weighted by Gasteiger charge is -2.03. The smallest absolute Gasteiger partial charge is 0.273 e. The maximum absolute atomic E-state index is 12.7. The van der Waals surface area contributed by atoms with Crippen LogP contribution < -0.4 is 5.32 Å². The van der Waals surface area contributed by atoms with E-state index in [9.17, 15) is 4.79 Å². The van der Waals surface area contributed by atoms with Crippen molar-refractivity contribution in [3.63, 3.8) is 0 Å². The number of carbonyl (C=O) groups is 1. The second-order valence-corrected chi connectivity index (χ2v) is 6.44. The third-order valence-electron chi connectivity index (χ3n) is 4.45. The molecule has 0 aliphatic rings. The SMILES string of the molecule is CCCCNC(=O)c1nc(-c2cc3ccccc3[nH]2)oc1-c1ccccc1. The number of carbonyl (C=O) groups excluding carboxylic acids is 1. The minimum atomic E-state index is -0.214. The molecule has 2 aromatic heterocycles. The van der Waals surface area contributed by atoms with Gasteiger partial charge in [0.2, 0.25) is 5.89 Å². The van der Waals surface area contributed by atoms with Crippen LogP contribution in [-0.4, -0.2) is 22.4 Å². The number of hydrogen-bond donors (Lipinski definition) is 2. The molecule has 0 spiro atoms. The summed E-state index contributed by atoms with van der Waals surface area (Å²) < 4.78 is 6.04. The molecule has 0 saturated carbocycles. The maximum Gasteiger partial charge on any atom is 0.273 e. The van der Waals surface area contributed by atoms with Crippen LogP contribution in [0.25, 0.3) is 33.8 Å². The van der Waals surface area contributed by atoms with Gasteiger partial charge in [-0.3, -0.25) is 4.79 Å². The van der Waals surface area contributed by atoms with E-state index in [2.05, 4.69) is 22.2 Å². The zero-order chi connectivity index (χ0) is 18.6. The van der Waals surface area contributed by atoms with Gasteiger partial charge in [0.05, 0.1) is 0 Å². The molecule has 136 valence electrons. The van der Waals surface area contributed by atoms with E-state index in [1.807, 2.05) is 60.7 Å². The average molecular weight is 359 g/mol. The van der Waals surface area contributed by atoms with Gasteiger partial charge < -0.3 is 14.7 Å². The topological polar surface area (TPSA) is 70.9 Å². The molecule has 5 heteroatoms. The van der Waals surface area contributed by atoms with E-state index >= 15 is 0 Å². The number of H-pyrrole nitrogens is 1. The molecule has 0 atom stereocenters. The Morgan fingerprint density at radius 2 is 1.89 bits per heavy atom. The monoisotopic (exact) mass is 359 g/mol. The molecular formula is C22H21N3O2. The molecule has 0 saturated heterocycles. The van der Waals surface area contributed by atoms with Crippen LogP contribution in [0.5, 0.6) is 0 Å². The molecule has 4 rings (SSSR count). The maximum atomic E-state index is 12.7. The number of rotatable bonds is 6. The fourth-order valence-corrected chi connectivity index (χ4v) is 3.03. The summed E-state index contributed by atoms with van der Waals surface area (Å²) >= 11 is 0. The van der Waals surface area contributed by atoms with Gasteiger partial charge in [0.15, 0.2) is 11.5 Å². The summed E-state index contributed by atoms with van der Waals surface area (Å²) in [6, 6.07) is 19.5. The van der Waals surface area contributed by atoms with Gasteiger partial charge in [-0.2, -0.15) is 0 Å². The summed E-state index contributed by atoms with van der Waals surface area (Å²) in [5.74, 6) is 0.678. The molecule has 0 unspecified atom stereocenters. The van der Waals surface area contributed by atoms with Crippen molar-refractivity contribution in [2.75, 3.05) is 6.54 Å². The number of para-hydroxylation sites is 1. The first-order valence-corrected chi connectivity index (χ1v) is 9.19. The predicted molar refractivity (Wildman–Crippen MR) is 106 cm³/mol. The van der Waals surface area contributed by atoms with Crippen LogP contribution in [0.1, 0.15) is 30.3 Å². The van der Waals surface area contributed by atoms with E-state index in [0.29, 0.717) is 23.9 Å². The van der Waals surface area contributed by atoms with Gasteiger partial charge in [-0.1, -0.05) is 61.9 Å². The number of amides is 1. The summed E-state index contributed by atoms with van der Waals surface area (Å²) in [4.78, 5) is 20.5. The highest BCUT2D eigenvalue weighted by atomic mass is 16.4. The molecule has 0 radical (unpaired) electrons. The molecule has 0 bridgehead atoms. The van der Waals surface area contributed by atoms with Gasteiger partial charge in [-0.15, -0.1) is 0 Å². The van der Waals surface area contributed by atoms with E-state index in [0.717, 1.165) is 35.0 Å². The second-order valence-electron chi connectivity index (χ2n) is 6.44. The fraction of sp³-hybridized carbons (Fsp3) is 0.182. The van der Waals surface area contributed by atoms with Crippen LogP contribution >= 0.6 is 0 Å². The van der Waals surface area contributed by atoms with Gasteiger partial charge in [0.1, 0.15) is 5.69 Å². The van der Waals surface area contributed by atoms with Crippen molar-refractivity contribution in [2.45, 2.75) is 19.8 Å². The first-order valence-electron chi connectivity index (χ1n) is 9.19. The molecule has 1 amide bonds. The van der Waals surface area contributed by atoms with Crippen LogP contribution in [0.4, 0.5) is 0 Å². The van der Waals surface area contributed by atoms with E-state index in [1.165, 1.54) is 0 Å². The van der Waals surface area contributed by atoms with Crippen LogP contribution in [0, 0.1) is 0 Å². The molecule has 5 nitrogen and oxygen atoms in total. The van der Waals surface area contributed by atoms with Crippen molar-refractivity contribution in [1.82, 2.24) is 15.3 Å². The number of nitrogens with one attached hydrogen (secondary N) is 2. The molecule has 0 aliphatic carbocycles. The summed E-state index contributed by atoms with van der Waals surface area (Å²) in [7, 11) is 0. The van der Waals surface area contributed by atoms with Gasteiger partial charge >= 0.3 is 0 Å². The number of benzene rings is 2. The Labute approximate surface area is 157 Å². The van der Waals surface area contributed by atoms with Crippen LogP contribution in [-0.2, 0) is 0 Å². The summed E-state index contributed by atoms with van der Waals surface area (Å²) in [6.45, 7) is 2.71. The molecule has 27 heavy (non-hydrogen) atoms. The summed E-state index contributed by atoms with van der Waals surface area (Å²) in [5.41, 5.74) is 2.89. The quantitative estimate of drug-likeness (QED) is 0.475. The highest BCUT2D eigenvalue weighted by molar-refractivity contribution is 5.98. The second kappa shape index (κ2) is 7.50. The Bertz CT molecular complexity index is 1030. The Morgan fingerprint density at radius 1 is 1.11 bits per heavy atom. The fourth-order valence-electron chi connectivity index (χ4n) is 3.03. The lowest BCUT2D eigenvalue weighted by Crippen LogP contribution is -2.25. The number of fused-ring (bicyclic) bond motifs is 1. The summed E-state index contributed by atoms with van der Waals surface area (Å²) in [5, 5.41) is 4.00. The van der Waals surface area contributed by atoms with Crippen LogP contribution in [0.15, 0.2) is 65.1 Å². The Kier molecular flexibility index (Phi) is 4.75. The standard InChI is InChI=1S/C22H21N3O2/c1-2-3-13-23-21(26)19-20(15-9-5-4-6-10-15)27-22(25-19)18-14-16-11-7-8-12-17(16)24-18/h4-12,14,24H,2-3,13H2,1H3,(H,23,26). The minimum Gasteiger partial charge on any atom is -0.434 e. The largest absolute Gasteiger partial charge is 0.434 e. The van der Waals surface area contributed by atoms with Crippen LogP contribution in [0.3, 0.4) is 0 Å². The molecule has 2 aromatic carbocycles. The lowest BCUT2D eigenvalue weighted by molar-refractivity contribution is 0.0949. The zero-order valence-electron chi connectivity index (χ0n) is 15.2. The number of aromatic amines is 1. The lowest BCUT2D eigenvalue weighted by atomic mass is 10.1. The molecule has 0 fully saturated rings. The van der Waals surface area contributed by atoms with Crippen LogP contribution in [0.2, 0.25) is 0 Å². The zero-order valence-corrected chi connectivity index (χ0v) is 15.2. The van der Waals surface area contributed by atoms with Gasteiger partial charge in [-0.25, -0.2) is 4.98 Å². The summed E-state index contributed by atoms with van der Waals surface area (Å²) in [6.07, 6.45) is 1.95. The van der Waals surface area contributed by atoms with Crippen molar-refractivity contribution in [2.24, 2.45) is 0 Å². The van der Waals surface area contributed by atoms with Crippen molar-refractivity contribution in [3.8, 4) is 22.9 Å². The van der Waals surface area contributed by atoms with Gasteiger partial charge in [0.25, 0.3) is 5.91 Å². The molecule has 4 aromatic rings. The number of hydrogen-bond acceptors (Lipinski definition) is 3. The Balaban J connectivity index is 1.76.